The molecule has 2 aliphatic rings. The Kier molecular flexibility index (Phi) is 4.09. The van der Waals surface area contributed by atoms with Crippen LogP contribution in [0.5, 0.6) is 0 Å². The van der Waals surface area contributed by atoms with Crippen molar-refractivity contribution in [1.82, 2.24) is 10.2 Å². The average Bonchev–Trinajstić information content (AvgIpc) is 3.22. The van der Waals surface area contributed by atoms with E-state index in [4.69, 9.17) is 4.84 Å². The van der Waals surface area contributed by atoms with Crippen LogP contribution in [-0.2, 0) is 11.4 Å². The number of hydrogen-bond acceptors (Lipinski definition) is 3. The number of rotatable bonds is 3. The van der Waals surface area contributed by atoms with Gasteiger partial charge in [-0.2, -0.15) is 0 Å². The van der Waals surface area contributed by atoms with Gasteiger partial charge in [-0.15, -0.1) is 0 Å². The zero-order chi connectivity index (χ0) is 17.2. The summed E-state index contributed by atoms with van der Waals surface area (Å²) in [5.41, 5.74) is 2.67. The second-order valence-electron chi connectivity index (χ2n) is 6.28. The molecule has 128 valence electrons. The topological polar surface area (TPSA) is 53.9 Å². The minimum atomic E-state index is -0.284. The van der Waals surface area contributed by atoms with Crippen LogP contribution in [0, 0.1) is 11.7 Å². The average molecular weight is 339 g/mol. The van der Waals surface area contributed by atoms with Gasteiger partial charge in [0.05, 0.1) is 18.2 Å². The minimum Gasteiger partial charge on any atom is -0.390 e. The molecule has 0 bridgehead atoms. The molecule has 0 aromatic heterocycles. The van der Waals surface area contributed by atoms with E-state index >= 15 is 0 Å². The van der Waals surface area contributed by atoms with Gasteiger partial charge in [0, 0.05) is 18.7 Å². The number of hydrogen-bond donors (Lipinski definition) is 1. The lowest BCUT2D eigenvalue weighted by atomic mass is 9.95. The Bertz CT molecular complexity index is 792. The lowest BCUT2D eigenvalue weighted by Gasteiger charge is -2.17. The first kappa shape index (κ1) is 15.6. The number of carbonyl (C=O) groups is 1. The third kappa shape index (κ3) is 3.20. The number of halogens is 1. The van der Waals surface area contributed by atoms with Gasteiger partial charge in [-0.25, -0.2) is 9.18 Å². The lowest BCUT2D eigenvalue weighted by molar-refractivity contribution is 0.0774. The maximum Gasteiger partial charge on any atom is 0.317 e. The number of nitrogens with zero attached hydrogens (tertiary/aromatic N) is 2. The van der Waals surface area contributed by atoms with Crippen LogP contribution in [0.15, 0.2) is 59.8 Å². The Morgan fingerprint density at radius 2 is 1.92 bits per heavy atom. The van der Waals surface area contributed by atoms with E-state index < -0.39 is 0 Å². The third-order valence-corrected chi connectivity index (χ3v) is 4.62. The maximum absolute atomic E-state index is 13.1. The Labute approximate surface area is 145 Å². The molecule has 2 aromatic rings. The molecule has 0 spiro atoms. The molecule has 2 heterocycles. The van der Waals surface area contributed by atoms with Crippen molar-refractivity contribution in [3.63, 3.8) is 0 Å². The number of nitrogens with one attached hydrogen (secondary N) is 1. The van der Waals surface area contributed by atoms with Gasteiger partial charge < -0.3 is 15.1 Å². The van der Waals surface area contributed by atoms with Crippen molar-refractivity contribution in [3.8, 4) is 0 Å². The molecular weight excluding hydrogens is 321 g/mol. The molecule has 25 heavy (non-hydrogen) atoms. The van der Waals surface area contributed by atoms with E-state index in [-0.39, 0.29) is 23.9 Å². The molecule has 1 N–H and O–H groups in total. The van der Waals surface area contributed by atoms with Crippen molar-refractivity contribution >= 4 is 11.7 Å². The van der Waals surface area contributed by atoms with Crippen molar-refractivity contribution in [3.05, 3.63) is 71.5 Å². The predicted octanol–water partition coefficient (Wildman–Crippen LogP) is 2.77. The summed E-state index contributed by atoms with van der Waals surface area (Å²) in [6, 6.07) is 15.9. The van der Waals surface area contributed by atoms with Gasteiger partial charge in [0.25, 0.3) is 0 Å². The van der Waals surface area contributed by atoms with E-state index in [9.17, 15) is 9.18 Å². The molecule has 2 unspecified atom stereocenters. The SMILES string of the molecule is O=C(NCc1ccccc1)N1CC2ON=C(c3ccc(F)cc3)C2C1. The lowest BCUT2D eigenvalue weighted by Crippen LogP contribution is -2.39. The summed E-state index contributed by atoms with van der Waals surface area (Å²) in [5, 5.41) is 7.08. The molecule has 5 nitrogen and oxygen atoms in total. The highest BCUT2D eigenvalue weighted by molar-refractivity contribution is 6.03. The maximum atomic E-state index is 13.1. The smallest absolute Gasteiger partial charge is 0.317 e. The summed E-state index contributed by atoms with van der Waals surface area (Å²) in [6.07, 6.45) is -0.137. The molecule has 0 aliphatic carbocycles. The van der Waals surface area contributed by atoms with Crippen LogP contribution in [0.2, 0.25) is 0 Å². The molecule has 1 saturated heterocycles. The molecule has 0 radical (unpaired) electrons. The van der Waals surface area contributed by atoms with Gasteiger partial charge >= 0.3 is 6.03 Å². The van der Waals surface area contributed by atoms with E-state index in [1.54, 1.807) is 17.0 Å². The molecular formula is C19H18FN3O2. The first-order valence-electron chi connectivity index (χ1n) is 8.27. The summed E-state index contributed by atoms with van der Waals surface area (Å²) in [7, 11) is 0. The number of likely N-dealkylation sites (tertiary alicyclic amines) is 1. The fourth-order valence-corrected chi connectivity index (χ4v) is 3.27. The second kappa shape index (κ2) is 6.55. The number of carbonyl (C=O) groups excluding carboxylic acids is 1. The first-order valence-corrected chi connectivity index (χ1v) is 8.27. The third-order valence-electron chi connectivity index (χ3n) is 4.62. The van der Waals surface area contributed by atoms with Crippen molar-refractivity contribution in [2.75, 3.05) is 13.1 Å². The molecule has 6 heteroatoms. The Balaban J connectivity index is 1.38. The second-order valence-corrected chi connectivity index (χ2v) is 6.28. The van der Waals surface area contributed by atoms with Crippen molar-refractivity contribution < 1.29 is 14.0 Å². The van der Waals surface area contributed by atoms with Crippen LogP contribution in [0.4, 0.5) is 9.18 Å². The zero-order valence-corrected chi connectivity index (χ0v) is 13.6. The number of amides is 2. The Morgan fingerprint density at radius 1 is 1.16 bits per heavy atom. The van der Waals surface area contributed by atoms with Crippen LogP contribution in [0.25, 0.3) is 0 Å². The van der Waals surface area contributed by atoms with Crippen LogP contribution in [0.1, 0.15) is 11.1 Å². The molecule has 2 aliphatic heterocycles. The minimum absolute atomic E-state index is 0.0212. The van der Waals surface area contributed by atoms with Crippen molar-refractivity contribution in [2.24, 2.45) is 11.1 Å². The molecule has 2 atom stereocenters. The normalized spacial score (nSPS) is 21.5. The quantitative estimate of drug-likeness (QED) is 0.935. The van der Waals surface area contributed by atoms with Crippen LogP contribution in [0.3, 0.4) is 0 Å². The van der Waals surface area contributed by atoms with Gasteiger partial charge in [0.1, 0.15) is 5.82 Å². The van der Waals surface area contributed by atoms with Crippen molar-refractivity contribution in [2.45, 2.75) is 12.6 Å². The fraction of sp³-hybridized carbons (Fsp3) is 0.263. The summed E-state index contributed by atoms with van der Waals surface area (Å²) < 4.78 is 13.1. The number of oxime groups is 1. The van der Waals surface area contributed by atoms with E-state index in [2.05, 4.69) is 10.5 Å². The predicted molar refractivity (Wildman–Crippen MR) is 91.6 cm³/mol. The van der Waals surface area contributed by atoms with Gasteiger partial charge in [-0.3, -0.25) is 0 Å². The van der Waals surface area contributed by atoms with Crippen LogP contribution in [-0.4, -0.2) is 35.8 Å². The van der Waals surface area contributed by atoms with Gasteiger partial charge in [0.15, 0.2) is 6.10 Å². The first-order chi connectivity index (χ1) is 12.2. The highest BCUT2D eigenvalue weighted by Crippen LogP contribution is 2.30. The standard InChI is InChI=1S/C19H18FN3O2/c20-15-8-6-14(7-9-15)18-16-11-23(12-17(16)25-22-18)19(24)21-10-13-4-2-1-3-5-13/h1-9,16-17H,10-12H2,(H,21,24). The van der Waals surface area contributed by atoms with Crippen LogP contribution < -0.4 is 5.32 Å². The highest BCUT2D eigenvalue weighted by Gasteiger charge is 2.44. The Hall–Kier alpha value is -2.89. The van der Waals surface area contributed by atoms with Gasteiger partial charge in [-0.1, -0.05) is 47.6 Å². The highest BCUT2D eigenvalue weighted by atomic mass is 19.1. The zero-order valence-electron chi connectivity index (χ0n) is 13.6. The summed E-state index contributed by atoms with van der Waals surface area (Å²) in [4.78, 5) is 19.6. The number of urea groups is 1. The van der Waals surface area contributed by atoms with E-state index in [0.29, 0.717) is 19.6 Å². The van der Waals surface area contributed by atoms with E-state index in [1.165, 1.54) is 12.1 Å². The summed E-state index contributed by atoms with van der Waals surface area (Å²) >= 11 is 0. The van der Waals surface area contributed by atoms with Gasteiger partial charge in [0.2, 0.25) is 0 Å². The Morgan fingerprint density at radius 3 is 2.68 bits per heavy atom. The molecule has 2 aromatic carbocycles. The molecule has 4 rings (SSSR count). The van der Waals surface area contributed by atoms with Crippen LogP contribution >= 0.6 is 0 Å². The van der Waals surface area contributed by atoms with E-state index in [0.717, 1.165) is 16.8 Å². The molecule has 1 fully saturated rings. The number of benzene rings is 2. The molecule has 2 amide bonds. The van der Waals surface area contributed by atoms with Crippen molar-refractivity contribution in [1.29, 1.82) is 0 Å². The van der Waals surface area contributed by atoms with E-state index in [1.807, 2.05) is 30.3 Å². The fourth-order valence-electron chi connectivity index (χ4n) is 3.27. The monoisotopic (exact) mass is 339 g/mol. The largest absolute Gasteiger partial charge is 0.390 e. The number of fused-ring (bicyclic) bond motifs is 1. The molecule has 0 saturated carbocycles. The summed E-state index contributed by atoms with van der Waals surface area (Å²) in [5.74, 6) is -0.263. The summed E-state index contributed by atoms with van der Waals surface area (Å²) in [6.45, 7) is 1.53. The van der Waals surface area contributed by atoms with Gasteiger partial charge in [-0.05, 0) is 17.7 Å².